The summed E-state index contributed by atoms with van der Waals surface area (Å²) >= 11 is 0. The number of aromatic nitrogens is 4. The van der Waals surface area contributed by atoms with E-state index in [9.17, 15) is 13.2 Å². The van der Waals surface area contributed by atoms with Gasteiger partial charge in [0.1, 0.15) is 12.1 Å². The molecule has 3 aromatic rings. The second kappa shape index (κ2) is 6.97. The second-order valence-corrected chi connectivity index (χ2v) is 4.30. The molecule has 0 atom stereocenters. The lowest BCUT2D eigenvalue weighted by atomic mass is 10.3. The third-order valence-corrected chi connectivity index (χ3v) is 2.79. The Bertz CT molecular complexity index is 837. The summed E-state index contributed by atoms with van der Waals surface area (Å²) in [6, 6.07) is 5.22. The zero-order valence-electron chi connectivity index (χ0n) is 11.7. The molecule has 1 aromatic carbocycles. The Kier molecular flexibility index (Phi) is 5.69. The largest absolute Gasteiger partial charge is 0.573 e. The number of ether oxygens (including phenoxy) is 1. The van der Waals surface area contributed by atoms with Gasteiger partial charge < -0.3 is 16.2 Å². The maximum Gasteiger partial charge on any atom is 0.573 e. The van der Waals surface area contributed by atoms with E-state index in [0.717, 1.165) is 0 Å². The minimum Gasteiger partial charge on any atom is -0.406 e. The average Bonchev–Trinajstić information content (AvgIpc) is 2.82. The Morgan fingerprint density at radius 1 is 1.00 bits per heavy atom. The number of nitrogen functional groups attached to an aromatic ring is 2. The summed E-state index contributed by atoms with van der Waals surface area (Å²) in [6.07, 6.45) is -3.31. The van der Waals surface area contributed by atoms with Crippen LogP contribution in [0.5, 0.6) is 5.75 Å². The topological polar surface area (TPSA) is 105 Å². The van der Waals surface area contributed by atoms with E-state index in [0.29, 0.717) is 16.9 Å². The van der Waals surface area contributed by atoms with Crippen LogP contribution < -0.4 is 16.2 Å². The van der Waals surface area contributed by atoms with Crippen LogP contribution in [0.4, 0.5) is 24.9 Å². The number of fused-ring (bicyclic) bond motifs is 1. The van der Waals surface area contributed by atoms with Crippen molar-refractivity contribution in [2.75, 3.05) is 11.5 Å². The molecule has 0 saturated carbocycles. The molecule has 0 amide bonds. The van der Waals surface area contributed by atoms with Crippen molar-refractivity contribution < 1.29 is 17.9 Å². The molecule has 130 valence electrons. The van der Waals surface area contributed by atoms with E-state index in [1.54, 1.807) is 0 Å². The van der Waals surface area contributed by atoms with Gasteiger partial charge in [0, 0.05) is 5.69 Å². The van der Waals surface area contributed by atoms with Crippen molar-refractivity contribution in [1.82, 2.24) is 19.5 Å². The van der Waals surface area contributed by atoms with Crippen LogP contribution in [-0.2, 0) is 0 Å². The van der Waals surface area contributed by atoms with Gasteiger partial charge in [-0.25, -0.2) is 4.98 Å². The van der Waals surface area contributed by atoms with Gasteiger partial charge in [-0.2, -0.15) is 9.97 Å². The van der Waals surface area contributed by atoms with E-state index >= 15 is 0 Å². The molecule has 0 aliphatic carbocycles. The van der Waals surface area contributed by atoms with Crippen molar-refractivity contribution in [3.05, 3.63) is 30.6 Å². The molecule has 2 heterocycles. The van der Waals surface area contributed by atoms with Crippen LogP contribution in [-0.4, -0.2) is 25.9 Å². The molecule has 0 spiro atoms. The number of nitrogens with zero attached hydrogens (tertiary/aromatic N) is 4. The van der Waals surface area contributed by atoms with Crippen molar-refractivity contribution in [2.24, 2.45) is 0 Å². The number of hydrogen-bond donors (Lipinski definition) is 2. The second-order valence-electron chi connectivity index (χ2n) is 4.30. The van der Waals surface area contributed by atoms with Gasteiger partial charge >= 0.3 is 6.36 Å². The fraction of sp³-hybridized carbons (Fsp3) is 0.0833. The van der Waals surface area contributed by atoms with Gasteiger partial charge in [-0.3, -0.25) is 4.57 Å². The van der Waals surface area contributed by atoms with Crippen LogP contribution in [0.3, 0.4) is 0 Å². The number of hydrogen-bond acceptors (Lipinski definition) is 6. The van der Waals surface area contributed by atoms with Gasteiger partial charge in [-0.05, 0) is 24.3 Å². The highest BCUT2D eigenvalue weighted by molar-refractivity contribution is 5.85. The predicted molar refractivity (Wildman–Crippen MR) is 86.7 cm³/mol. The Balaban J connectivity index is 0.00000144. The van der Waals surface area contributed by atoms with E-state index in [2.05, 4.69) is 19.7 Å². The zero-order chi connectivity index (χ0) is 15.9. The molecular formula is C12H11Cl2F3N6O. The summed E-state index contributed by atoms with van der Waals surface area (Å²) in [7, 11) is 0. The summed E-state index contributed by atoms with van der Waals surface area (Å²) in [5, 5.41) is 0. The third-order valence-electron chi connectivity index (χ3n) is 2.79. The molecule has 12 heteroatoms. The standard InChI is InChI=1S/C12H9F3N6O.2ClH/c13-12(14,15)22-7-3-1-6(2-4-7)21-5-18-8-9(16)19-11(17)20-10(8)21;;/h1-5H,(H4,16,17,19,20);2*1H. The smallest absolute Gasteiger partial charge is 0.406 e. The average molecular weight is 383 g/mol. The number of nitrogens with two attached hydrogens (primary N) is 2. The van der Waals surface area contributed by atoms with Crippen molar-refractivity contribution >= 4 is 47.7 Å². The van der Waals surface area contributed by atoms with Gasteiger partial charge in [0.05, 0.1) is 0 Å². The first-order valence-electron chi connectivity index (χ1n) is 5.96. The quantitative estimate of drug-likeness (QED) is 0.705. The molecule has 0 fully saturated rings. The van der Waals surface area contributed by atoms with Crippen LogP contribution >= 0.6 is 24.8 Å². The minimum absolute atomic E-state index is 0. The molecule has 7 nitrogen and oxygen atoms in total. The van der Waals surface area contributed by atoms with Crippen molar-refractivity contribution in [2.45, 2.75) is 6.36 Å². The highest BCUT2D eigenvalue weighted by Crippen LogP contribution is 2.25. The maximum atomic E-state index is 12.1. The number of halogens is 5. The van der Waals surface area contributed by atoms with E-state index < -0.39 is 6.36 Å². The van der Waals surface area contributed by atoms with E-state index in [4.69, 9.17) is 11.5 Å². The van der Waals surface area contributed by atoms with Crippen LogP contribution in [0.1, 0.15) is 0 Å². The molecule has 24 heavy (non-hydrogen) atoms. The molecule has 0 radical (unpaired) electrons. The highest BCUT2D eigenvalue weighted by Gasteiger charge is 2.31. The van der Waals surface area contributed by atoms with Crippen LogP contribution in [0.2, 0.25) is 0 Å². The molecule has 0 unspecified atom stereocenters. The molecule has 0 aliphatic heterocycles. The van der Waals surface area contributed by atoms with Gasteiger partial charge in [0.15, 0.2) is 17.0 Å². The number of anilines is 2. The van der Waals surface area contributed by atoms with Gasteiger partial charge in [-0.1, -0.05) is 0 Å². The van der Waals surface area contributed by atoms with E-state index in [-0.39, 0.29) is 42.3 Å². The first-order chi connectivity index (χ1) is 10.3. The molecule has 4 N–H and O–H groups in total. The zero-order valence-corrected chi connectivity index (χ0v) is 13.3. The fourth-order valence-corrected chi connectivity index (χ4v) is 1.94. The number of alkyl halides is 3. The van der Waals surface area contributed by atoms with Gasteiger partial charge in [-0.15, -0.1) is 38.0 Å². The van der Waals surface area contributed by atoms with E-state index in [1.807, 2.05) is 0 Å². The van der Waals surface area contributed by atoms with Crippen molar-refractivity contribution in [3.63, 3.8) is 0 Å². The van der Waals surface area contributed by atoms with Crippen molar-refractivity contribution in [1.29, 1.82) is 0 Å². The monoisotopic (exact) mass is 382 g/mol. The molecule has 0 bridgehead atoms. The van der Waals surface area contributed by atoms with Gasteiger partial charge in [0.25, 0.3) is 0 Å². The van der Waals surface area contributed by atoms with E-state index in [1.165, 1.54) is 35.2 Å². The van der Waals surface area contributed by atoms with Crippen LogP contribution in [0.25, 0.3) is 16.9 Å². The molecule has 0 aliphatic rings. The summed E-state index contributed by atoms with van der Waals surface area (Å²) in [5.74, 6) is -0.226. The summed E-state index contributed by atoms with van der Waals surface area (Å²) in [6.45, 7) is 0. The predicted octanol–water partition coefficient (Wildman–Crippen LogP) is 2.72. The first-order valence-corrected chi connectivity index (χ1v) is 5.96. The van der Waals surface area contributed by atoms with Crippen LogP contribution in [0, 0.1) is 0 Å². The maximum absolute atomic E-state index is 12.1. The third kappa shape index (κ3) is 3.89. The first kappa shape index (κ1) is 19.6. The van der Waals surface area contributed by atoms with Gasteiger partial charge in [0.2, 0.25) is 5.95 Å². The Labute approximate surface area is 145 Å². The lowest BCUT2D eigenvalue weighted by Crippen LogP contribution is -2.17. The Morgan fingerprint density at radius 3 is 2.21 bits per heavy atom. The molecular weight excluding hydrogens is 372 g/mol. The summed E-state index contributed by atoms with van der Waals surface area (Å²) < 4.78 is 41.7. The number of imidazole rings is 1. The number of benzene rings is 1. The normalized spacial score (nSPS) is 10.8. The fourth-order valence-electron chi connectivity index (χ4n) is 1.94. The highest BCUT2D eigenvalue weighted by atomic mass is 35.5. The number of rotatable bonds is 2. The molecule has 2 aromatic heterocycles. The summed E-state index contributed by atoms with van der Waals surface area (Å²) in [5.41, 5.74) is 12.5. The Morgan fingerprint density at radius 2 is 1.62 bits per heavy atom. The SMILES string of the molecule is Cl.Cl.Nc1nc(N)c2ncn(-c3ccc(OC(F)(F)F)cc3)c2n1. The molecule has 3 rings (SSSR count). The van der Waals surface area contributed by atoms with Crippen molar-refractivity contribution in [3.8, 4) is 11.4 Å². The lowest BCUT2D eigenvalue weighted by molar-refractivity contribution is -0.274. The van der Waals surface area contributed by atoms with Crippen LogP contribution in [0.15, 0.2) is 30.6 Å². The summed E-state index contributed by atoms with van der Waals surface area (Å²) in [4.78, 5) is 11.9. The Hall–Kier alpha value is -2.46. The lowest BCUT2D eigenvalue weighted by Gasteiger charge is -2.09. The minimum atomic E-state index is -4.74. The molecule has 0 saturated heterocycles.